The minimum Gasteiger partial charge on any atom is -0.369 e. The van der Waals surface area contributed by atoms with E-state index in [-0.39, 0.29) is 0 Å². The molecule has 5 nitrogen and oxygen atoms in total. The van der Waals surface area contributed by atoms with Gasteiger partial charge in [0.15, 0.2) is 0 Å². The highest BCUT2D eigenvalue weighted by Gasteiger charge is 2.31. The molecule has 30 heavy (non-hydrogen) atoms. The Hall–Kier alpha value is -1.95. The van der Waals surface area contributed by atoms with Crippen LogP contribution in [0.15, 0.2) is 36.5 Å². The number of nitrogens with zero attached hydrogens (tertiary/aromatic N) is 4. The maximum atomic E-state index is 4.78. The van der Waals surface area contributed by atoms with Crippen LogP contribution in [0.25, 0.3) is 0 Å². The Morgan fingerprint density at radius 2 is 1.97 bits per heavy atom. The largest absolute Gasteiger partial charge is 0.369 e. The van der Waals surface area contributed by atoms with Crippen molar-refractivity contribution in [1.82, 2.24) is 20.1 Å². The average molecular weight is 406 g/mol. The van der Waals surface area contributed by atoms with E-state index < -0.39 is 0 Å². The lowest BCUT2D eigenvalue weighted by Crippen LogP contribution is -2.47. The van der Waals surface area contributed by atoms with E-state index in [1.165, 1.54) is 41.8 Å². The lowest BCUT2D eigenvalue weighted by Gasteiger charge is -2.41. The molecule has 1 aromatic heterocycles. The number of anilines is 1. The van der Waals surface area contributed by atoms with Crippen molar-refractivity contribution in [2.24, 2.45) is 0 Å². The zero-order chi connectivity index (χ0) is 20.5. The summed E-state index contributed by atoms with van der Waals surface area (Å²) >= 11 is 0. The van der Waals surface area contributed by atoms with E-state index >= 15 is 0 Å². The minimum absolute atomic E-state index is 0.452. The summed E-state index contributed by atoms with van der Waals surface area (Å²) < 4.78 is 0. The highest BCUT2D eigenvalue weighted by atomic mass is 15.2. The first-order chi connectivity index (χ1) is 14.7. The molecule has 0 amide bonds. The van der Waals surface area contributed by atoms with Crippen molar-refractivity contribution in [2.75, 3.05) is 51.7 Å². The number of aromatic nitrogens is 1. The zero-order valence-electron chi connectivity index (χ0n) is 18.5. The Labute approximate surface area is 181 Å². The first kappa shape index (κ1) is 20.0. The number of hydrogen-bond donors (Lipinski definition) is 1. The number of likely N-dealkylation sites (N-methyl/N-ethyl adjacent to an activating group) is 2. The second kappa shape index (κ2) is 8.66. The molecule has 1 N–H and O–H groups in total. The van der Waals surface area contributed by atoms with Gasteiger partial charge < -0.3 is 10.2 Å². The van der Waals surface area contributed by atoms with Gasteiger partial charge in [-0.25, -0.2) is 0 Å². The average Bonchev–Trinajstić information content (AvgIpc) is 2.79. The van der Waals surface area contributed by atoms with Gasteiger partial charge in [0.25, 0.3) is 0 Å². The number of piperazine rings is 1. The summed E-state index contributed by atoms with van der Waals surface area (Å²) in [6.07, 6.45) is 6.77. The Morgan fingerprint density at radius 3 is 2.83 bits per heavy atom. The van der Waals surface area contributed by atoms with E-state index in [9.17, 15) is 0 Å². The third-order valence-corrected chi connectivity index (χ3v) is 7.39. The summed E-state index contributed by atoms with van der Waals surface area (Å²) in [5.41, 5.74) is 7.32. The van der Waals surface area contributed by atoms with Crippen LogP contribution in [-0.4, -0.2) is 67.6 Å². The number of pyridine rings is 1. The van der Waals surface area contributed by atoms with Crippen LogP contribution in [0.4, 0.5) is 5.69 Å². The molecule has 1 aliphatic carbocycles. The highest BCUT2D eigenvalue weighted by molar-refractivity contribution is 5.58. The van der Waals surface area contributed by atoms with E-state index in [0.717, 1.165) is 45.7 Å². The molecular formula is C25H35N5. The Bertz CT molecular complexity index is 876. The fourth-order valence-electron chi connectivity index (χ4n) is 5.67. The van der Waals surface area contributed by atoms with Gasteiger partial charge >= 0.3 is 0 Å². The fraction of sp³-hybridized carbons (Fsp3) is 0.560. The SMILES string of the molecule is CN1Cc2cccc(N3CCNCC3)c2C[C@@H]1CN(C)[C@H]1CCCc2cccnc21. The number of nitrogens with one attached hydrogen (secondary N) is 1. The lowest BCUT2D eigenvalue weighted by atomic mass is 9.89. The minimum atomic E-state index is 0.452. The maximum absolute atomic E-state index is 4.78. The lowest BCUT2D eigenvalue weighted by molar-refractivity contribution is 0.126. The molecule has 0 spiro atoms. The second-order valence-electron chi connectivity index (χ2n) is 9.32. The molecule has 5 heteroatoms. The molecule has 1 aromatic carbocycles. The van der Waals surface area contributed by atoms with Gasteiger partial charge in [-0.3, -0.25) is 14.8 Å². The molecule has 0 radical (unpaired) electrons. The molecule has 2 aromatic rings. The predicted octanol–water partition coefficient (Wildman–Crippen LogP) is 2.86. The van der Waals surface area contributed by atoms with Crippen molar-refractivity contribution in [3.63, 3.8) is 0 Å². The van der Waals surface area contributed by atoms with Gasteiger partial charge in [-0.2, -0.15) is 0 Å². The third kappa shape index (κ3) is 3.86. The van der Waals surface area contributed by atoms with E-state index in [0.29, 0.717) is 12.1 Å². The zero-order valence-corrected chi connectivity index (χ0v) is 18.5. The summed E-state index contributed by atoms with van der Waals surface area (Å²) in [4.78, 5) is 12.5. The van der Waals surface area contributed by atoms with Gasteiger partial charge in [-0.15, -0.1) is 0 Å². The van der Waals surface area contributed by atoms with E-state index in [1.54, 1.807) is 5.56 Å². The number of benzene rings is 1. The first-order valence-corrected chi connectivity index (χ1v) is 11.6. The van der Waals surface area contributed by atoms with Crippen LogP contribution in [0.3, 0.4) is 0 Å². The molecule has 0 unspecified atom stereocenters. The molecule has 0 saturated carbocycles. The van der Waals surface area contributed by atoms with Gasteiger partial charge in [0.1, 0.15) is 0 Å². The van der Waals surface area contributed by atoms with Crippen LogP contribution in [0, 0.1) is 0 Å². The first-order valence-electron chi connectivity index (χ1n) is 11.6. The normalized spacial score (nSPS) is 24.6. The summed E-state index contributed by atoms with van der Waals surface area (Å²) in [6.45, 7) is 6.54. The van der Waals surface area contributed by atoms with Gasteiger partial charge in [-0.05, 0) is 68.6 Å². The van der Waals surface area contributed by atoms with Gasteiger partial charge in [0.05, 0.1) is 11.7 Å². The van der Waals surface area contributed by atoms with Gasteiger partial charge in [0.2, 0.25) is 0 Å². The molecule has 1 fully saturated rings. The fourth-order valence-corrected chi connectivity index (χ4v) is 5.67. The summed E-state index contributed by atoms with van der Waals surface area (Å²) in [6, 6.07) is 12.3. The molecule has 160 valence electrons. The van der Waals surface area contributed by atoms with Crippen LogP contribution < -0.4 is 10.2 Å². The Morgan fingerprint density at radius 1 is 1.13 bits per heavy atom. The van der Waals surface area contributed by atoms with E-state index in [4.69, 9.17) is 4.98 Å². The maximum Gasteiger partial charge on any atom is 0.0607 e. The quantitative estimate of drug-likeness (QED) is 0.846. The van der Waals surface area contributed by atoms with Crippen molar-refractivity contribution in [2.45, 2.75) is 44.3 Å². The number of fused-ring (bicyclic) bond motifs is 2. The van der Waals surface area contributed by atoms with Crippen molar-refractivity contribution in [3.05, 3.63) is 58.9 Å². The van der Waals surface area contributed by atoms with Crippen molar-refractivity contribution in [3.8, 4) is 0 Å². The van der Waals surface area contributed by atoms with Crippen molar-refractivity contribution >= 4 is 5.69 Å². The Balaban J connectivity index is 1.35. The predicted molar refractivity (Wildman–Crippen MR) is 123 cm³/mol. The van der Waals surface area contributed by atoms with Crippen LogP contribution in [0.5, 0.6) is 0 Å². The number of rotatable bonds is 4. The van der Waals surface area contributed by atoms with Crippen molar-refractivity contribution in [1.29, 1.82) is 0 Å². The summed E-state index contributed by atoms with van der Waals surface area (Å²) in [5, 5.41) is 3.49. The van der Waals surface area contributed by atoms with E-state index in [1.807, 2.05) is 6.20 Å². The molecular weight excluding hydrogens is 370 g/mol. The van der Waals surface area contributed by atoms with Gasteiger partial charge in [-0.1, -0.05) is 18.2 Å². The standard InChI is InChI=1S/C25H35N5/c1-28-17-20-7-4-9-23(30-14-12-26-13-15-30)22(20)16-21(28)18-29(2)24-10-3-6-19-8-5-11-27-25(19)24/h4-5,7-9,11,21,24,26H,3,6,10,12-18H2,1-2H3/t21-,24+/m1/s1. The molecule has 0 bridgehead atoms. The molecule has 1 saturated heterocycles. The third-order valence-electron chi connectivity index (χ3n) is 7.39. The summed E-state index contributed by atoms with van der Waals surface area (Å²) in [7, 11) is 4.60. The summed E-state index contributed by atoms with van der Waals surface area (Å²) in [5.74, 6) is 0. The van der Waals surface area contributed by atoms with Crippen LogP contribution >= 0.6 is 0 Å². The topological polar surface area (TPSA) is 34.6 Å². The van der Waals surface area contributed by atoms with Crippen LogP contribution in [-0.2, 0) is 19.4 Å². The molecule has 3 aliphatic rings. The monoisotopic (exact) mass is 405 g/mol. The smallest absolute Gasteiger partial charge is 0.0607 e. The van der Waals surface area contributed by atoms with Crippen LogP contribution in [0.1, 0.15) is 41.3 Å². The molecule has 2 atom stereocenters. The van der Waals surface area contributed by atoms with E-state index in [2.05, 4.69) is 64.4 Å². The molecule has 5 rings (SSSR count). The highest BCUT2D eigenvalue weighted by Crippen LogP contribution is 2.35. The number of aryl methyl sites for hydroxylation is 1. The van der Waals surface area contributed by atoms with Gasteiger partial charge in [0, 0.05) is 57.2 Å². The Kier molecular flexibility index (Phi) is 5.77. The van der Waals surface area contributed by atoms with Crippen LogP contribution in [0.2, 0.25) is 0 Å². The molecule has 3 heterocycles. The number of hydrogen-bond acceptors (Lipinski definition) is 5. The molecule has 2 aliphatic heterocycles. The van der Waals surface area contributed by atoms with Crippen molar-refractivity contribution < 1.29 is 0 Å². The second-order valence-corrected chi connectivity index (χ2v) is 9.32.